The molecule has 0 bridgehead atoms. The highest BCUT2D eigenvalue weighted by Gasteiger charge is 2.22. The standard InChI is InChI=1S/C25H27N3O3S/c1-18-15-23(31-3)24(16-19(18)2)32(29,30)26-17-25-27-21-11-7-8-12-22(21)28(25)14-13-20-9-5-4-6-10-20/h4-12,15-16,26H,13-14,17H2,1-3H3. The first-order chi connectivity index (χ1) is 15.4. The lowest BCUT2D eigenvalue weighted by atomic mass is 10.1. The highest BCUT2D eigenvalue weighted by atomic mass is 32.2. The first-order valence-corrected chi connectivity index (χ1v) is 12.0. The van der Waals surface area contributed by atoms with Crippen LogP contribution in [0.3, 0.4) is 0 Å². The molecule has 0 atom stereocenters. The van der Waals surface area contributed by atoms with Crippen molar-refractivity contribution in [2.75, 3.05) is 7.11 Å². The van der Waals surface area contributed by atoms with E-state index >= 15 is 0 Å². The van der Waals surface area contributed by atoms with E-state index in [1.54, 1.807) is 12.1 Å². The molecule has 4 rings (SSSR count). The van der Waals surface area contributed by atoms with Gasteiger partial charge in [-0.15, -0.1) is 0 Å². The van der Waals surface area contributed by atoms with E-state index in [4.69, 9.17) is 9.72 Å². The van der Waals surface area contributed by atoms with Crippen LogP contribution in [-0.2, 0) is 29.5 Å². The summed E-state index contributed by atoms with van der Waals surface area (Å²) in [5.74, 6) is 1.01. The van der Waals surface area contributed by atoms with Gasteiger partial charge in [-0.25, -0.2) is 18.1 Å². The van der Waals surface area contributed by atoms with Gasteiger partial charge in [0.05, 0.1) is 24.7 Å². The zero-order valence-corrected chi connectivity index (χ0v) is 19.3. The van der Waals surface area contributed by atoms with Crippen molar-refractivity contribution < 1.29 is 13.2 Å². The number of para-hydroxylation sites is 2. The van der Waals surface area contributed by atoms with Crippen molar-refractivity contribution in [3.63, 3.8) is 0 Å². The van der Waals surface area contributed by atoms with Crippen LogP contribution >= 0.6 is 0 Å². The first-order valence-electron chi connectivity index (χ1n) is 10.5. The Kier molecular flexibility index (Phi) is 6.30. The molecule has 0 spiro atoms. The van der Waals surface area contributed by atoms with Gasteiger partial charge < -0.3 is 9.30 Å². The van der Waals surface area contributed by atoms with Crippen LogP contribution in [0.5, 0.6) is 5.75 Å². The first kappa shape index (κ1) is 22.0. The van der Waals surface area contributed by atoms with E-state index in [0.717, 1.165) is 28.6 Å². The molecule has 1 N–H and O–H groups in total. The summed E-state index contributed by atoms with van der Waals surface area (Å²) < 4.78 is 36.4. The van der Waals surface area contributed by atoms with Crippen LogP contribution < -0.4 is 9.46 Å². The molecule has 6 nitrogen and oxygen atoms in total. The molecule has 0 saturated heterocycles. The molecule has 7 heteroatoms. The van der Waals surface area contributed by atoms with E-state index in [0.29, 0.717) is 18.1 Å². The van der Waals surface area contributed by atoms with E-state index < -0.39 is 10.0 Å². The van der Waals surface area contributed by atoms with E-state index in [1.165, 1.54) is 12.7 Å². The number of ether oxygens (including phenoxy) is 1. The van der Waals surface area contributed by atoms with Crippen molar-refractivity contribution in [2.45, 2.75) is 38.3 Å². The Morgan fingerprint density at radius 3 is 2.41 bits per heavy atom. The normalized spacial score (nSPS) is 11.7. The smallest absolute Gasteiger partial charge is 0.244 e. The summed E-state index contributed by atoms with van der Waals surface area (Å²) in [6.07, 6.45) is 0.825. The summed E-state index contributed by atoms with van der Waals surface area (Å²) in [7, 11) is -2.31. The van der Waals surface area contributed by atoms with E-state index in [-0.39, 0.29) is 11.4 Å². The van der Waals surface area contributed by atoms with Gasteiger partial charge in [0.2, 0.25) is 10.0 Å². The lowest BCUT2D eigenvalue weighted by molar-refractivity contribution is 0.401. The lowest BCUT2D eigenvalue weighted by Gasteiger charge is -2.14. The molecule has 0 radical (unpaired) electrons. The number of rotatable bonds is 8. The number of nitrogens with one attached hydrogen (secondary N) is 1. The van der Waals surface area contributed by atoms with Crippen LogP contribution in [0.15, 0.2) is 71.6 Å². The van der Waals surface area contributed by atoms with Crippen LogP contribution in [0.2, 0.25) is 0 Å². The van der Waals surface area contributed by atoms with Crippen LogP contribution in [0.1, 0.15) is 22.5 Å². The maximum atomic E-state index is 13.1. The molecule has 0 aliphatic carbocycles. The molecule has 1 heterocycles. The fourth-order valence-corrected chi connectivity index (χ4v) is 4.98. The maximum Gasteiger partial charge on any atom is 0.244 e. The number of methoxy groups -OCH3 is 1. The van der Waals surface area contributed by atoms with Crippen molar-refractivity contribution in [1.29, 1.82) is 0 Å². The van der Waals surface area contributed by atoms with Gasteiger partial charge in [0, 0.05) is 6.54 Å². The number of benzene rings is 3. The van der Waals surface area contributed by atoms with E-state index in [9.17, 15) is 8.42 Å². The minimum Gasteiger partial charge on any atom is -0.495 e. The summed E-state index contributed by atoms with van der Waals surface area (Å²) in [4.78, 5) is 4.84. The maximum absolute atomic E-state index is 13.1. The SMILES string of the molecule is COc1cc(C)c(C)cc1S(=O)(=O)NCc1nc2ccccc2n1CCc1ccccc1. The average molecular weight is 450 g/mol. The van der Waals surface area contributed by atoms with Gasteiger partial charge >= 0.3 is 0 Å². The third-order valence-electron chi connectivity index (χ3n) is 5.69. The molecule has 166 valence electrons. The van der Waals surface area contributed by atoms with Gasteiger partial charge in [0.1, 0.15) is 16.5 Å². The molecule has 0 aliphatic rings. The molecule has 3 aromatic carbocycles. The van der Waals surface area contributed by atoms with Crippen molar-refractivity contribution in [1.82, 2.24) is 14.3 Å². The third-order valence-corrected chi connectivity index (χ3v) is 7.11. The van der Waals surface area contributed by atoms with Gasteiger partial charge in [-0.2, -0.15) is 0 Å². The van der Waals surface area contributed by atoms with E-state index in [1.807, 2.05) is 56.3 Å². The Morgan fingerprint density at radius 2 is 1.66 bits per heavy atom. The van der Waals surface area contributed by atoms with Crippen LogP contribution in [0.25, 0.3) is 11.0 Å². The zero-order chi connectivity index (χ0) is 22.7. The van der Waals surface area contributed by atoms with Crippen molar-refractivity contribution >= 4 is 21.1 Å². The Morgan fingerprint density at radius 1 is 0.969 bits per heavy atom. The predicted octanol–water partition coefficient (Wildman–Crippen LogP) is 4.38. The molecule has 0 amide bonds. The van der Waals surface area contributed by atoms with Gasteiger partial charge in [0.15, 0.2) is 0 Å². The Labute approximate surface area is 188 Å². The minimum atomic E-state index is -3.79. The Bertz CT molecular complexity index is 1350. The zero-order valence-electron chi connectivity index (χ0n) is 18.5. The number of fused-ring (bicyclic) bond motifs is 1. The lowest BCUT2D eigenvalue weighted by Crippen LogP contribution is -2.26. The molecule has 32 heavy (non-hydrogen) atoms. The van der Waals surface area contributed by atoms with Gasteiger partial charge in [-0.1, -0.05) is 42.5 Å². The number of aryl methyl sites for hydroxylation is 4. The second-order valence-corrected chi connectivity index (χ2v) is 9.55. The molecular weight excluding hydrogens is 422 g/mol. The summed E-state index contributed by atoms with van der Waals surface area (Å²) in [6, 6.07) is 21.5. The van der Waals surface area contributed by atoms with Crippen molar-refractivity contribution in [2.24, 2.45) is 0 Å². The number of hydrogen-bond acceptors (Lipinski definition) is 4. The molecule has 0 aliphatic heterocycles. The number of sulfonamides is 1. The third kappa shape index (κ3) is 4.54. The highest BCUT2D eigenvalue weighted by Crippen LogP contribution is 2.27. The molecular formula is C25H27N3O3S. The predicted molar refractivity (Wildman–Crippen MR) is 126 cm³/mol. The number of aromatic nitrogens is 2. The van der Waals surface area contributed by atoms with Crippen molar-refractivity contribution in [3.8, 4) is 5.75 Å². The largest absolute Gasteiger partial charge is 0.495 e. The molecule has 0 saturated carbocycles. The monoisotopic (exact) mass is 449 g/mol. The molecule has 0 fully saturated rings. The van der Waals surface area contributed by atoms with Crippen LogP contribution in [0, 0.1) is 13.8 Å². The average Bonchev–Trinajstić information content (AvgIpc) is 3.16. The Balaban J connectivity index is 1.62. The molecule has 0 unspecified atom stereocenters. The van der Waals surface area contributed by atoms with Crippen molar-refractivity contribution in [3.05, 3.63) is 89.2 Å². The molecule has 4 aromatic rings. The Hall–Kier alpha value is -3.16. The second-order valence-electron chi connectivity index (χ2n) is 7.82. The number of hydrogen-bond donors (Lipinski definition) is 1. The number of imidazole rings is 1. The quantitative estimate of drug-likeness (QED) is 0.433. The van der Waals surface area contributed by atoms with Crippen LogP contribution in [-0.4, -0.2) is 25.1 Å². The summed E-state index contributed by atoms with van der Waals surface area (Å²) in [6.45, 7) is 4.60. The number of nitrogens with zero attached hydrogens (tertiary/aromatic N) is 2. The fourth-order valence-electron chi connectivity index (χ4n) is 3.77. The van der Waals surface area contributed by atoms with Gasteiger partial charge in [-0.05, 0) is 61.2 Å². The topological polar surface area (TPSA) is 73.2 Å². The summed E-state index contributed by atoms with van der Waals surface area (Å²) in [5, 5.41) is 0. The molecule has 1 aromatic heterocycles. The summed E-state index contributed by atoms with van der Waals surface area (Å²) in [5.41, 5.74) is 4.92. The highest BCUT2D eigenvalue weighted by molar-refractivity contribution is 7.89. The fraction of sp³-hybridized carbons (Fsp3) is 0.240. The van der Waals surface area contributed by atoms with E-state index in [2.05, 4.69) is 21.4 Å². The second kappa shape index (κ2) is 9.14. The summed E-state index contributed by atoms with van der Waals surface area (Å²) >= 11 is 0. The van der Waals surface area contributed by atoms with Gasteiger partial charge in [-0.3, -0.25) is 0 Å². The van der Waals surface area contributed by atoms with Gasteiger partial charge in [0.25, 0.3) is 0 Å². The minimum absolute atomic E-state index is 0.0852. The van der Waals surface area contributed by atoms with Crippen LogP contribution in [0.4, 0.5) is 0 Å².